The van der Waals surface area contributed by atoms with Crippen molar-refractivity contribution in [3.8, 4) is 0 Å². The molecule has 0 atom stereocenters. The molecule has 6 nitrogen and oxygen atoms in total. The normalized spacial score (nSPS) is 19.6. The highest BCUT2D eigenvalue weighted by Gasteiger charge is 2.12. The number of nitrogens with one attached hydrogen (secondary N) is 2. The zero-order valence-corrected chi connectivity index (χ0v) is 11.6. The lowest BCUT2D eigenvalue weighted by Gasteiger charge is -2.32. The lowest BCUT2D eigenvalue weighted by atomic mass is 10.3. The molecule has 102 valence electrons. The first-order valence-electron chi connectivity index (χ1n) is 6.03. The van der Waals surface area contributed by atoms with Crippen molar-refractivity contribution in [2.24, 2.45) is 0 Å². The summed E-state index contributed by atoms with van der Waals surface area (Å²) in [7, 11) is -0.899. The number of likely N-dealkylation sites (N-methyl/N-ethyl adjacent to an activating group) is 1. The molecule has 1 fully saturated rings. The molecule has 1 heterocycles. The van der Waals surface area contributed by atoms with Crippen LogP contribution in [0.25, 0.3) is 0 Å². The molecule has 7 heteroatoms. The summed E-state index contributed by atoms with van der Waals surface area (Å²) < 4.78 is 24.0. The largest absolute Gasteiger partial charge is 0.314 e. The van der Waals surface area contributed by atoms with Crippen LogP contribution in [0.3, 0.4) is 0 Å². The molecule has 1 saturated heterocycles. The van der Waals surface area contributed by atoms with E-state index < -0.39 is 10.0 Å². The van der Waals surface area contributed by atoms with Crippen molar-refractivity contribution >= 4 is 10.0 Å². The molecular formula is C10H24N4O2S. The van der Waals surface area contributed by atoms with Gasteiger partial charge in [-0.3, -0.25) is 4.90 Å². The molecule has 0 spiro atoms. The van der Waals surface area contributed by atoms with Crippen LogP contribution in [0.5, 0.6) is 0 Å². The summed E-state index contributed by atoms with van der Waals surface area (Å²) in [5.74, 6) is 0. The Bertz CT molecular complexity index is 299. The smallest absolute Gasteiger partial charge is 0.208 e. The second kappa shape index (κ2) is 7.27. The van der Waals surface area contributed by atoms with Crippen LogP contribution in [0, 0.1) is 0 Å². The molecule has 0 aromatic carbocycles. The van der Waals surface area contributed by atoms with Crippen molar-refractivity contribution in [3.63, 3.8) is 0 Å². The van der Waals surface area contributed by atoms with Crippen molar-refractivity contribution in [1.82, 2.24) is 19.8 Å². The molecule has 0 bridgehead atoms. The maximum absolute atomic E-state index is 10.8. The van der Waals surface area contributed by atoms with Crippen molar-refractivity contribution in [2.45, 2.75) is 0 Å². The van der Waals surface area contributed by atoms with Gasteiger partial charge in [0.15, 0.2) is 0 Å². The Morgan fingerprint density at radius 2 is 1.71 bits per heavy atom. The first-order valence-corrected chi connectivity index (χ1v) is 7.93. The highest BCUT2D eigenvalue weighted by molar-refractivity contribution is 7.88. The van der Waals surface area contributed by atoms with Crippen LogP contribution in [0.1, 0.15) is 0 Å². The van der Waals surface area contributed by atoms with Crippen molar-refractivity contribution in [2.75, 3.05) is 65.7 Å². The summed E-state index contributed by atoms with van der Waals surface area (Å²) in [6, 6.07) is 0. The molecule has 0 amide bonds. The first-order chi connectivity index (χ1) is 7.97. The quantitative estimate of drug-likeness (QED) is 0.541. The van der Waals surface area contributed by atoms with Gasteiger partial charge in [-0.1, -0.05) is 0 Å². The number of hydrogen-bond acceptors (Lipinski definition) is 5. The Labute approximate surface area is 104 Å². The summed E-state index contributed by atoms with van der Waals surface area (Å²) >= 11 is 0. The highest BCUT2D eigenvalue weighted by Crippen LogP contribution is 1.97. The topological polar surface area (TPSA) is 64.7 Å². The minimum Gasteiger partial charge on any atom is -0.314 e. The fraction of sp³-hybridized carbons (Fsp3) is 1.00. The number of piperazine rings is 1. The molecule has 17 heavy (non-hydrogen) atoms. The van der Waals surface area contributed by atoms with E-state index in [9.17, 15) is 8.42 Å². The lowest BCUT2D eigenvalue weighted by molar-refractivity contribution is 0.155. The number of nitrogens with zero attached hydrogens (tertiary/aromatic N) is 2. The van der Waals surface area contributed by atoms with Crippen LogP contribution < -0.4 is 10.0 Å². The van der Waals surface area contributed by atoms with E-state index in [1.807, 2.05) is 0 Å². The number of rotatable bonds is 7. The molecule has 0 saturated carbocycles. The van der Waals surface area contributed by atoms with Crippen LogP contribution in [0.2, 0.25) is 0 Å². The molecule has 0 aromatic heterocycles. The van der Waals surface area contributed by atoms with E-state index in [4.69, 9.17) is 0 Å². The summed E-state index contributed by atoms with van der Waals surface area (Å²) in [6.45, 7) is 7.61. The van der Waals surface area contributed by atoms with Crippen molar-refractivity contribution < 1.29 is 8.42 Å². The second-order valence-corrected chi connectivity index (χ2v) is 6.39. The van der Waals surface area contributed by atoms with Crippen molar-refractivity contribution in [3.05, 3.63) is 0 Å². The SMILES string of the molecule is CN1CCN(CCNCCNS(C)(=O)=O)CC1. The predicted octanol–water partition coefficient (Wildman–Crippen LogP) is -1.63. The fourth-order valence-corrected chi connectivity index (χ4v) is 2.23. The maximum atomic E-state index is 10.8. The monoisotopic (exact) mass is 264 g/mol. The Morgan fingerprint density at radius 1 is 1.06 bits per heavy atom. The average Bonchev–Trinajstić information content (AvgIpc) is 2.24. The Kier molecular flexibility index (Phi) is 6.35. The van der Waals surface area contributed by atoms with Gasteiger partial charge >= 0.3 is 0 Å². The van der Waals surface area contributed by atoms with Gasteiger partial charge in [0.25, 0.3) is 0 Å². The van der Waals surface area contributed by atoms with Gasteiger partial charge in [0.2, 0.25) is 10.0 Å². The molecule has 1 rings (SSSR count). The third-order valence-corrected chi connectivity index (χ3v) is 3.60. The van der Waals surface area contributed by atoms with E-state index in [1.165, 1.54) is 6.26 Å². The molecule has 0 radical (unpaired) electrons. The van der Waals surface area contributed by atoms with Gasteiger partial charge < -0.3 is 10.2 Å². The second-order valence-electron chi connectivity index (χ2n) is 4.56. The summed E-state index contributed by atoms with van der Waals surface area (Å²) in [6.07, 6.45) is 1.18. The van der Waals surface area contributed by atoms with Gasteiger partial charge in [0.1, 0.15) is 0 Å². The first kappa shape index (κ1) is 14.8. The fourth-order valence-electron chi connectivity index (χ4n) is 1.76. The zero-order chi connectivity index (χ0) is 12.7. The van der Waals surface area contributed by atoms with Gasteiger partial charge in [-0.25, -0.2) is 13.1 Å². The van der Waals surface area contributed by atoms with E-state index in [-0.39, 0.29) is 0 Å². The minimum atomic E-state index is -3.04. The molecule has 0 aliphatic carbocycles. The van der Waals surface area contributed by atoms with Crippen LogP contribution >= 0.6 is 0 Å². The van der Waals surface area contributed by atoms with Crippen LogP contribution in [-0.4, -0.2) is 83.9 Å². The Balaban J connectivity index is 1.94. The summed E-state index contributed by atoms with van der Waals surface area (Å²) in [5, 5.41) is 3.23. The summed E-state index contributed by atoms with van der Waals surface area (Å²) in [4.78, 5) is 4.76. The molecule has 1 aliphatic rings. The molecule has 1 aliphatic heterocycles. The molecule has 0 aromatic rings. The minimum absolute atomic E-state index is 0.460. The number of hydrogen-bond donors (Lipinski definition) is 2. The van der Waals surface area contributed by atoms with E-state index in [1.54, 1.807) is 0 Å². The van der Waals surface area contributed by atoms with Gasteiger partial charge in [-0.15, -0.1) is 0 Å². The Morgan fingerprint density at radius 3 is 2.29 bits per heavy atom. The third kappa shape index (κ3) is 7.67. The van der Waals surface area contributed by atoms with Gasteiger partial charge in [0, 0.05) is 52.4 Å². The van der Waals surface area contributed by atoms with Crippen LogP contribution in [-0.2, 0) is 10.0 Å². The van der Waals surface area contributed by atoms with E-state index in [0.29, 0.717) is 13.1 Å². The predicted molar refractivity (Wildman–Crippen MR) is 69.7 cm³/mol. The molecular weight excluding hydrogens is 240 g/mol. The van der Waals surface area contributed by atoms with Gasteiger partial charge in [-0.2, -0.15) is 0 Å². The molecule has 0 unspecified atom stereocenters. The van der Waals surface area contributed by atoms with Gasteiger partial charge in [0.05, 0.1) is 6.26 Å². The van der Waals surface area contributed by atoms with Crippen LogP contribution in [0.15, 0.2) is 0 Å². The Hall–Kier alpha value is -0.210. The summed E-state index contributed by atoms with van der Waals surface area (Å²) in [5.41, 5.74) is 0. The third-order valence-electron chi connectivity index (χ3n) is 2.87. The maximum Gasteiger partial charge on any atom is 0.208 e. The number of sulfonamides is 1. The van der Waals surface area contributed by atoms with Crippen molar-refractivity contribution in [1.29, 1.82) is 0 Å². The van der Waals surface area contributed by atoms with Crippen LogP contribution in [0.4, 0.5) is 0 Å². The highest BCUT2D eigenvalue weighted by atomic mass is 32.2. The van der Waals surface area contributed by atoms with E-state index >= 15 is 0 Å². The lowest BCUT2D eigenvalue weighted by Crippen LogP contribution is -2.46. The molecule has 2 N–H and O–H groups in total. The van der Waals surface area contributed by atoms with E-state index in [2.05, 4.69) is 26.9 Å². The average molecular weight is 264 g/mol. The van der Waals surface area contributed by atoms with E-state index in [0.717, 1.165) is 39.3 Å². The zero-order valence-electron chi connectivity index (χ0n) is 10.8. The van der Waals surface area contributed by atoms with Gasteiger partial charge in [-0.05, 0) is 7.05 Å². The standard InChI is InChI=1S/C10H24N4O2S/c1-13-7-9-14(10-8-13)6-5-11-3-4-12-17(2,15)16/h11-12H,3-10H2,1-2H3.